The number of nitrogens with zero attached hydrogens (tertiary/aromatic N) is 1. The van der Waals surface area contributed by atoms with Crippen LogP contribution in [0.15, 0.2) is 47.1 Å². The highest BCUT2D eigenvalue weighted by Crippen LogP contribution is 2.21. The minimum atomic E-state index is 0.513. The van der Waals surface area contributed by atoms with Gasteiger partial charge in [-0.3, -0.25) is 0 Å². The molecule has 2 aromatic rings. The Bertz CT molecular complexity index is 471. The van der Waals surface area contributed by atoms with Crippen molar-refractivity contribution in [2.75, 3.05) is 11.1 Å². The zero-order valence-electron chi connectivity index (χ0n) is 8.65. The molecule has 4 heteroatoms. The molecule has 0 radical (unpaired) electrons. The number of rotatable bonds is 3. The fourth-order valence-electron chi connectivity index (χ4n) is 1.38. The molecular formula is C12H12BrN3. The van der Waals surface area contributed by atoms with Gasteiger partial charge in [-0.25, -0.2) is 4.98 Å². The van der Waals surface area contributed by atoms with Gasteiger partial charge in [-0.2, -0.15) is 0 Å². The van der Waals surface area contributed by atoms with Crippen LogP contribution in [0.4, 0.5) is 11.5 Å². The summed E-state index contributed by atoms with van der Waals surface area (Å²) in [5.41, 5.74) is 7.81. The number of halogens is 1. The molecule has 2 rings (SSSR count). The first-order chi connectivity index (χ1) is 7.75. The highest BCUT2D eigenvalue weighted by atomic mass is 79.9. The highest BCUT2D eigenvalue weighted by Gasteiger charge is 2.00. The third kappa shape index (κ3) is 2.73. The summed E-state index contributed by atoms with van der Waals surface area (Å²) >= 11 is 3.36. The van der Waals surface area contributed by atoms with Gasteiger partial charge in [-0.1, -0.05) is 30.3 Å². The monoisotopic (exact) mass is 277 g/mol. The van der Waals surface area contributed by atoms with E-state index < -0.39 is 0 Å². The van der Waals surface area contributed by atoms with Crippen molar-refractivity contribution < 1.29 is 0 Å². The van der Waals surface area contributed by atoms with Crippen molar-refractivity contribution in [2.45, 2.75) is 6.54 Å². The molecule has 0 saturated heterocycles. The topological polar surface area (TPSA) is 50.9 Å². The molecule has 1 aromatic heterocycles. The van der Waals surface area contributed by atoms with E-state index in [-0.39, 0.29) is 0 Å². The predicted molar refractivity (Wildman–Crippen MR) is 70.1 cm³/mol. The van der Waals surface area contributed by atoms with Crippen LogP contribution in [0.3, 0.4) is 0 Å². The minimum absolute atomic E-state index is 0.513. The maximum atomic E-state index is 5.76. The first kappa shape index (κ1) is 11.0. The standard InChI is InChI=1S/C12H12BrN3/c13-10-6-11(12(14)16-8-10)15-7-9-4-2-1-3-5-9/h1-6,8,15H,7H2,(H2,14,16). The second-order valence-corrected chi connectivity index (χ2v) is 4.34. The molecule has 0 fully saturated rings. The molecule has 0 spiro atoms. The van der Waals surface area contributed by atoms with Gasteiger partial charge in [0.25, 0.3) is 0 Å². The smallest absolute Gasteiger partial charge is 0.146 e. The molecule has 3 nitrogen and oxygen atoms in total. The third-order valence-corrected chi connectivity index (χ3v) is 2.64. The summed E-state index contributed by atoms with van der Waals surface area (Å²) in [6.45, 7) is 0.739. The fraction of sp³-hybridized carbons (Fsp3) is 0.0833. The van der Waals surface area contributed by atoms with Crippen LogP contribution in [-0.2, 0) is 6.54 Å². The van der Waals surface area contributed by atoms with E-state index in [9.17, 15) is 0 Å². The Labute approximate surface area is 103 Å². The number of benzene rings is 1. The number of nitrogens with two attached hydrogens (primary N) is 1. The van der Waals surface area contributed by atoms with Gasteiger partial charge < -0.3 is 11.1 Å². The van der Waals surface area contributed by atoms with Crippen molar-refractivity contribution in [3.05, 3.63) is 52.6 Å². The lowest BCUT2D eigenvalue weighted by Gasteiger charge is -2.08. The van der Waals surface area contributed by atoms with Gasteiger partial charge in [-0.15, -0.1) is 0 Å². The summed E-state index contributed by atoms with van der Waals surface area (Å²) in [7, 11) is 0. The molecule has 0 atom stereocenters. The summed E-state index contributed by atoms with van der Waals surface area (Å²) < 4.78 is 0.914. The van der Waals surface area contributed by atoms with Gasteiger partial charge in [0.05, 0.1) is 5.69 Å². The van der Waals surface area contributed by atoms with Crippen molar-refractivity contribution in [2.24, 2.45) is 0 Å². The van der Waals surface area contributed by atoms with Crippen LogP contribution in [0.25, 0.3) is 0 Å². The average Bonchev–Trinajstić information content (AvgIpc) is 2.32. The normalized spacial score (nSPS) is 10.1. The van der Waals surface area contributed by atoms with Crippen molar-refractivity contribution in [1.29, 1.82) is 0 Å². The number of nitrogens with one attached hydrogen (secondary N) is 1. The van der Waals surface area contributed by atoms with E-state index in [1.807, 2.05) is 24.3 Å². The minimum Gasteiger partial charge on any atom is -0.382 e. The van der Waals surface area contributed by atoms with Gasteiger partial charge in [0.15, 0.2) is 0 Å². The lowest BCUT2D eigenvalue weighted by molar-refractivity contribution is 1.14. The van der Waals surface area contributed by atoms with Crippen LogP contribution in [0, 0.1) is 0 Å². The van der Waals surface area contributed by atoms with E-state index in [4.69, 9.17) is 5.73 Å². The first-order valence-corrected chi connectivity index (χ1v) is 5.74. The van der Waals surface area contributed by atoms with E-state index in [1.165, 1.54) is 5.56 Å². The SMILES string of the molecule is Nc1ncc(Br)cc1NCc1ccccc1. The molecule has 16 heavy (non-hydrogen) atoms. The molecule has 0 aliphatic carbocycles. The summed E-state index contributed by atoms with van der Waals surface area (Å²) in [4.78, 5) is 4.06. The lowest BCUT2D eigenvalue weighted by Crippen LogP contribution is -2.03. The van der Waals surface area contributed by atoms with Crippen molar-refractivity contribution >= 4 is 27.4 Å². The second-order valence-electron chi connectivity index (χ2n) is 3.43. The number of hydrogen-bond acceptors (Lipinski definition) is 3. The summed E-state index contributed by atoms with van der Waals surface area (Å²) in [6, 6.07) is 12.1. The Morgan fingerprint density at radius 3 is 2.75 bits per heavy atom. The summed E-state index contributed by atoms with van der Waals surface area (Å²) in [5.74, 6) is 0.513. The predicted octanol–water partition coefficient (Wildman–Crippen LogP) is 3.04. The molecular weight excluding hydrogens is 266 g/mol. The Kier molecular flexibility index (Phi) is 3.41. The molecule has 0 amide bonds. The lowest BCUT2D eigenvalue weighted by atomic mass is 10.2. The highest BCUT2D eigenvalue weighted by molar-refractivity contribution is 9.10. The zero-order valence-corrected chi connectivity index (χ0v) is 10.2. The summed E-state index contributed by atoms with van der Waals surface area (Å²) in [6.07, 6.45) is 1.68. The molecule has 1 heterocycles. The largest absolute Gasteiger partial charge is 0.382 e. The maximum Gasteiger partial charge on any atom is 0.146 e. The Hall–Kier alpha value is -1.55. The molecule has 0 saturated carbocycles. The number of pyridine rings is 1. The number of nitrogen functional groups attached to an aromatic ring is 1. The van der Waals surface area contributed by atoms with E-state index in [0.717, 1.165) is 16.7 Å². The number of aromatic nitrogens is 1. The van der Waals surface area contributed by atoms with Gasteiger partial charge in [0, 0.05) is 17.2 Å². The zero-order chi connectivity index (χ0) is 11.4. The second kappa shape index (κ2) is 4.99. The average molecular weight is 278 g/mol. The van der Waals surface area contributed by atoms with Crippen molar-refractivity contribution in [3.63, 3.8) is 0 Å². The van der Waals surface area contributed by atoms with Crippen molar-refractivity contribution in [3.8, 4) is 0 Å². The molecule has 0 aliphatic heterocycles. The van der Waals surface area contributed by atoms with Crippen LogP contribution in [-0.4, -0.2) is 4.98 Å². The van der Waals surface area contributed by atoms with E-state index in [2.05, 4.69) is 38.4 Å². The van der Waals surface area contributed by atoms with Gasteiger partial charge >= 0.3 is 0 Å². The molecule has 0 bridgehead atoms. The fourth-order valence-corrected chi connectivity index (χ4v) is 1.72. The Balaban J connectivity index is 2.08. The van der Waals surface area contributed by atoms with Gasteiger partial charge in [0.2, 0.25) is 0 Å². The van der Waals surface area contributed by atoms with Crippen LogP contribution < -0.4 is 11.1 Å². The molecule has 0 aliphatic rings. The maximum absolute atomic E-state index is 5.76. The van der Waals surface area contributed by atoms with E-state index in [1.54, 1.807) is 6.20 Å². The third-order valence-electron chi connectivity index (χ3n) is 2.21. The molecule has 3 N–H and O–H groups in total. The van der Waals surface area contributed by atoms with Crippen LogP contribution >= 0.6 is 15.9 Å². The van der Waals surface area contributed by atoms with E-state index in [0.29, 0.717) is 5.82 Å². The number of hydrogen-bond donors (Lipinski definition) is 2. The van der Waals surface area contributed by atoms with E-state index >= 15 is 0 Å². The van der Waals surface area contributed by atoms with Crippen LogP contribution in [0.1, 0.15) is 5.56 Å². The Morgan fingerprint density at radius 2 is 2.00 bits per heavy atom. The first-order valence-electron chi connectivity index (χ1n) is 4.94. The quantitative estimate of drug-likeness (QED) is 0.907. The Morgan fingerprint density at radius 1 is 1.25 bits per heavy atom. The van der Waals surface area contributed by atoms with Gasteiger partial charge in [0.1, 0.15) is 5.82 Å². The van der Waals surface area contributed by atoms with Crippen LogP contribution in [0.2, 0.25) is 0 Å². The van der Waals surface area contributed by atoms with Crippen LogP contribution in [0.5, 0.6) is 0 Å². The molecule has 1 aromatic carbocycles. The van der Waals surface area contributed by atoms with Crippen molar-refractivity contribution in [1.82, 2.24) is 4.98 Å². The van der Waals surface area contributed by atoms with Gasteiger partial charge in [-0.05, 0) is 27.6 Å². The molecule has 82 valence electrons. The molecule has 0 unspecified atom stereocenters. The summed E-state index contributed by atoms with van der Waals surface area (Å²) in [5, 5.41) is 3.25. The number of anilines is 2.